The summed E-state index contributed by atoms with van der Waals surface area (Å²) in [7, 11) is 0. The maximum Gasteiger partial charge on any atom is 0.331 e. The van der Waals surface area contributed by atoms with Gasteiger partial charge in [-0.05, 0) is 49.2 Å². The first-order valence-corrected chi connectivity index (χ1v) is 9.62. The van der Waals surface area contributed by atoms with Gasteiger partial charge in [-0.1, -0.05) is 44.2 Å². The zero-order valence-corrected chi connectivity index (χ0v) is 15.0. The van der Waals surface area contributed by atoms with E-state index in [0.717, 1.165) is 12.0 Å². The van der Waals surface area contributed by atoms with Gasteiger partial charge in [0, 0.05) is 17.4 Å². The Morgan fingerprint density at radius 1 is 1.24 bits per heavy atom. The minimum Gasteiger partial charge on any atom is -0.458 e. The van der Waals surface area contributed by atoms with Crippen LogP contribution in [0.15, 0.2) is 36.4 Å². The molecular weight excluding hydrogens is 312 g/mol. The lowest BCUT2D eigenvalue weighted by molar-refractivity contribution is -0.151. The molecule has 3 heteroatoms. The molecule has 4 fully saturated rings. The summed E-state index contributed by atoms with van der Waals surface area (Å²) in [6.45, 7) is 4.50. The van der Waals surface area contributed by atoms with Crippen LogP contribution in [0, 0.1) is 23.2 Å². The monoisotopic (exact) mass is 338 g/mol. The summed E-state index contributed by atoms with van der Waals surface area (Å²) in [6, 6.07) is 9.89. The second kappa shape index (κ2) is 5.20. The largest absolute Gasteiger partial charge is 0.458 e. The Balaban J connectivity index is 1.35. The second-order valence-corrected chi connectivity index (χ2v) is 9.05. The third-order valence-corrected chi connectivity index (χ3v) is 7.16. The van der Waals surface area contributed by atoms with E-state index in [1.807, 2.05) is 36.4 Å². The standard InChI is InChI=1S/C22H26O3/c1-21(2)13-15-12-16-9-10-17-22(16,25-17)19(15)20(21)24-18(23)11-8-14-6-4-3-5-7-14/h3-8,11,15-17,19-20H,9-10,12-13H2,1-2H3/t15?,16-,17+,19?,20-,22-/m1/s1. The molecule has 5 rings (SSSR count). The molecule has 1 saturated heterocycles. The van der Waals surface area contributed by atoms with Crippen molar-refractivity contribution in [3.05, 3.63) is 42.0 Å². The fraction of sp³-hybridized carbons (Fsp3) is 0.591. The van der Waals surface area contributed by atoms with Crippen molar-refractivity contribution in [3.8, 4) is 0 Å². The Morgan fingerprint density at radius 2 is 2.04 bits per heavy atom. The smallest absolute Gasteiger partial charge is 0.331 e. The lowest BCUT2D eigenvalue weighted by Crippen LogP contribution is -2.41. The van der Waals surface area contributed by atoms with E-state index in [1.165, 1.54) is 19.3 Å². The molecule has 3 nitrogen and oxygen atoms in total. The lowest BCUT2D eigenvalue weighted by Gasteiger charge is -2.32. The number of rotatable bonds is 3. The van der Waals surface area contributed by atoms with Gasteiger partial charge < -0.3 is 9.47 Å². The number of carbonyl (C=O) groups is 1. The summed E-state index contributed by atoms with van der Waals surface area (Å²) in [6.07, 6.45) is 8.72. The third-order valence-electron chi connectivity index (χ3n) is 7.16. The molecule has 1 heterocycles. The van der Waals surface area contributed by atoms with Crippen molar-refractivity contribution < 1.29 is 14.3 Å². The molecule has 0 aromatic heterocycles. The van der Waals surface area contributed by atoms with Gasteiger partial charge in [-0.15, -0.1) is 0 Å². The quantitative estimate of drug-likeness (QED) is 0.470. The predicted molar refractivity (Wildman–Crippen MR) is 95.7 cm³/mol. The first kappa shape index (κ1) is 15.6. The van der Waals surface area contributed by atoms with Crippen LogP contribution in [0.4, 0.5) is 0 Å². The summed E-state index contributed by atoms with van der Waals surface area (Å²) in [5.41, 5.74) is 1.10. The van der Waals surface area contributed by atoms with E-state index in [2.05, 4.69) is 13.8 Å². The Hall–Kier alpha value is -1.61. The zero-order chi connectivity index (χ0) is 17.2. The van der Waals surface area contributed by atoms with Gasteiger partial charge in [0.2, 0.25) is 0 Å². The number of hydrogen-bond donors (Lipinski definition) is 0. The fourth-order valence-electron chi connectivity index (χ4n) is 6.28. The average Bonchev–Trinajstić information content (AvgIpc) is 2.97. The van der Waals surface area contributed by atoms with Crippen molar-refractivity contribution in [2.24, 2.45) is 23.2 Å². The van der Waals surface area contributed by atoms with Crippen LogP contribution < -0.4 is 0 Å². The normalized spacial score (nSPS) is 42.9. The molecule has 1 spiro atoms. The Bertz CT molecular complexity index is 722. The van der Waals surface area contributed by atoms with Crippen molar-refractivity contribution in [1.29, 1.82) is 0 Å². The fourth-order valence-corrected chi connectivity index (χ4v) is 6.28. The van der Waals surface area contributed by atoms with Gasteiger partial charge in [0.15, 0.2) is 0 Å². The molecule has 0 N–H and O–H groups in total. The third kappa shape index (κ3) is 2.25. The molecule has 0 amide bonds. The molecule has 1 aromatic rings. The van der Waals surface area contributed by atoms with Crippen LogP contribution in [-0.2, 0) is 14.3 Å². The Morgan fingerprint density at radius 3 is 2.80 bits per heavy atom. The van der Waals surface area contributed by atoms with Crippen molar-refractivity contribution >= 4 is 12.0 Å². The van der Waals surface area contributed by atoms with E-state index in [4.69, 9.17) is 9.47 Å². The average molecular weight is 338 g/mol. The van der Waals surface area contributed by atoms with Gasteiger partial charge in [0.1, 0.15) is 11.7 Å². The molecule has 0 radical (unpaired) electrons. The summed E-state index contributed by atoms with van der Waals surface area (Å²) >= 11 is 0. The van der Waals surface area contributed by atoms with E-state index in [-0.39, 0.29) is 23.1 Å². The van der Waals surface area contributed by atoms with Crippen LogP contribution in [0.2, 0.25) is 0 Å². The molecule has 1 aliphatic heterocycles. The number of esters is 1. The van der Waals surface area contributed by atoms with Crippen LogP contribution in [0.25, 0.3) is 6.08 Å². The molecule has 4 aliphatic rings. The molecule has 3 saturated carbocycles. The number of ether oxygens (including phenoxy) is 2. The molecule has 25 heavy (non-hydrogen) atoms. The van der Waals surface area contributed by atoms with E-state index in [1.54, 1.807) is 6.08 Å². The highest BCUT2D eigenvalue weighted by atomic mass is 16.6. The van der Waals surface area contributed by atoms with Crippen LogP contribution in [-0.4, -0.2) is 23.8 Å². The van der Waals surface area contributed by atoms with E-state index < -0.39 is 0 Å². The van der Waals surface area contributed by atoms with Gasteiger partial charge in [-0.25, -0.2) is 4.79 Å². The highest BCUT2D eigenvalue weighted by Crippen LogP contribution is 2.72. The maximum absolute atomic E-state index is 12.5. The highest BCUT2D eigenvalue weighted by Gasteiger charge is 2.78. The minimum atomic E-state index is -0.224. The van der Waals surface area contributed by atoms with Crippen LogP contribution in [0.1, 0.15) is 45.1 Å². The topological polar surface area (TPSA) is 38.8 Å². The van der Waals surface area contributed by atoms with Gasteiger partial charge in [0.25, 0.3) is 0 Å². The molecule has 3 aliphatic carbocycles. The molecule has 132 valence electrons. The minimum absolute atomic E-state index is 0.0291. The highest BCUT2D eigenvalue weighted by molar-refractivity contribution is 5.87. The number of benzene rings is 1. The SMILES string of the molecule is CC1(C)CC2C[C@H]3CC[C@@H]4O[C@]34C2[C@H]1OC(=O)C=Cc1ccccc1. The van der Waals surface area contributed by atoms with E-state index in [9.17, 15) is 4.79 Å². The number of carbonyl (C=O) groups excluding carboxylic acids is 1. The lowest BCUT2D eigenvalue weighted by atomic mass is 9.80. The zero-order valence-electron chi connectivity index (χ0n) is 15.0. The van der Waals surface area contributed by atoms with Crippen molar-refractivity contribution in [1.82, 2.24) is 0 Å². The Labute approximate surface area is 149 Å². The maximum atomic E-state index is 12.5. The molecule has 1 aromatic carbocycles. The molecule has 0 bridgehead atoms. The van der Waals surface area contributed by atoms with Gasteiger partial charge in [-0.2, -0.15) is 0 Å². The molecule has 6 atom stereocenters. The van der Waals surface area contributed by atoms with Crippen molar-refractivity contribution in [2.45, 2.75) is 57.3 Å². The summed E-state index contributed by atoms with van der Waals surface area (Å²) in [5.74, 6) is 1.53. The first-order chi connectivity index (χ1) is 12.0. The van der Waals surface area contributed by atoms with Gasteiger partial charge in [-0.3, -0.25) is 0 Å². The van der Waals surface area contributed by atoms with Crippen LogP contribution >= 0.6 is 0 Å². The van der Waals surface area contributed by atoms with E-state index in [0.29, 0.717) is 23.9 Å². The first-order valence-electron chi connectivity index (χ1n) is 9.62. The van der Waals surface area contributed by atoms with Crippen molar-refractivity contribution in [3.63, 3.8) is 0 Å². The van der Waals surface area contributed by atoms with Crippen LogP contribution in [0.3, 0.4) is 0 Å². The summed E-state index contributed by atoms with van der Waals surface area (Å²) in [4.78, 5) is 12.5. The number of epoxide rings is 1. The predicted octanol–water partition coefficient (Wildman–Crippen LogP) is 4.23. The van der Waals surface area contributed by atoms with E-state index >= 15 is 0 Å². The van der Waals surface area contributed by atoms with Crippen molar-refractivity contribution in [2.75, 3.05) is 0 Å². The van der Waals surface area contributed by atoms with Gasteiger partial charge >= 0.3 is 5.97 Å². The summed E-state index contributed by atoms with van der Waals surface area (Å²) in [5, 5.41) is 0. The number of fused-ring (bicyclic) bond motifs is 1. The summed E-state index contributed by atoms with van der Waals surface area (Å²) < 4.78 is 12.3. The van der Waals surface area contributed by atoms with Gasteiger partial charge in [0.05, 0.1) is 6.10 Å². The molecule has 2 unspecified atom stereocenters. The Kier molecular flexibility index (Phi) is 3.25. The second-order valence-electron chi connectivity index (χ2n) is 9.05. The van der Waals surface area contributed by atoms with Crippen LogP contribution in [0.5, 0.6) is 0 Å². The molecular formula is C22H26O3. The number of hydrogen-bond acceptors (Lipinski definition) is 3.